The first-order valence-electron chi connectivity index (χ1n) is 15.9. The average Bonchev–Trinajstić information content (AvgIpc) is 3.47. The summed E-state index contributed by atoms with van der Waals surface area (Å²) in [6.07, 6.45) is 3.49. The summed E-state index contributed by atoms with van der Waals surface area (Å²) in [5.41, 5.74) is 6.11. The Labute approximate surface area is 279 Å². The Hall–Kier alpha value is -4.30. The molecule has 1 aliphatic rings. The highest BCUT2D eigenvalue weighted by Gasteiger charge is 2.27. The lowest BCUT2D eigenvalue weighted by molar-refractivity contribution is -0.141. The number of esters is 1. The predicted octanol–water partition coefficient (Wildman–Crippen LogP) is 8.80. The molecule has 0 aliphatic carbocycles. The zero-order valence-corrected chi connectivity index (χ0v) is 28.6. The van der Waals surface area contributed by atoms with Crippen LogP contribution in [0.3, 0.4) is 0 Å². The van der Waals surface area contributed by atoms with Crippen LogP contribution in [0.4, 0.5) is 4.39 Å². The number of aryl methyl sites for hydroxylation is 2. The lowest BCUT2D eigenvalue weighted by Crippen LogP contribution is -2.09. The topological polar surface area (TPSA) is 63.2 Å². The minimum Gasteiger partial charge on any atom is -0.494 e. The molecule has 0 radical (unpaired) electrons. The molecule has 47 heavy (non-hydrogen) atoms. The standard InChI is InChI=1S/C39H43FO6S/c1-6-47(5)16-10-15-43-32-17-26(2)39(27(3)18-32)34-19-30(35(40)22-37(34)45-23-28-11-8-7-9-12-28)25-44-31-13-14-33-29(20-38(41)42-4)24-46-36(33)21-31/h6-9,11-14,17-19,21-22,29H,10,15-16,20,23-25H2,1-5H3/t29-,47?/m1/s1. The van der Waals surface area contributed by atoms with Crippen LogP contribution in [0.15, 0.2) is 72.8 Å². The van der Waals surface area contributed by atoms with Gasteiger partial charge in [-0.15, -0.1) is 0 Å². The van der Waals surface area contributed by atoms with Gasteiger partial charge in [0.2, 0.25) is 0 Å². The van der Waals surface area contributed by atoms with Gasteiger partial charge in [0.15, 0.2) is 0 Å². The molecular formula is C39H43FO6S. The zero-order chi connectivity index (χ0) is 33.3. The van der Waals surface area contributed by atoms with E-state index in [1.54, 1.807) is 6.07 Å². The first-order chi connectivity index (χ1) is 22.7. The minimum atomic E-state index is -0.415. The fourth-order valence-corrected chi connectivity index (χ4v) is 6.56. The predicted molar refractivity (Wildman–Crippen MR) is 188 cm³/mol. The number of halogens is 1. The van der Waals surface area contributed by atoms with E-state index in [4.69, 9.17) is 23.7 Å². The molecule has 248 valence electrons. The summed E-state index contributed by atoms with van der Waals surface area (Å²) in [4.78, 5) is 11.8. The molecule has 0 fully saturated rings. The molecule has 4 aromatic rings. The van der Waals surface area contributed by atoms with E-state index in [-0.39, 0.29) is 24.9 Å². The monoisotopic (exact) mass is 658 g/mol. The van der Waals surface area contributed by atoms with Gasteiger partial charge in [-0.05, 0) is 85.7 Å². The van der Waals surface area contributed by atoms with Crippen molar-refractivity contribution in [2.24, 2.45) is 0 Å². The number of carbonyl (C=O) groups is 1. The number of methoxy groups -OCH3 is 1. The van der Waals surface area contributed by atoms with Crippen molar-refractivity contribution in [2.75, 3.05) is 32.3 Å². The molecule has 6 nitrogen and oxygen atoms in total. The molecule has 0 N–H and O–H groups in total. The van der Waals surface area contributed by atoms with E-state index < -0.39 is 5.82 Å². The van der Waals surface area contributed by atoms with Crippen LogP contribution in [0, 0.1) is 19.7 Å². The normalized spacial score (nSPS) is 14.3. The van der Waals surface area contributed by atoms with Gasteiger partial charge in [-0.25, -0.2) is 4.39 Å². The molecule has 0 spiro atoms. The van der Waals surface area contributed by atoms with Gasteiger partial charge in [0.05, 0.1) is 26.7 Å². The van der Waals surface area contributed by atoms with Crippen LogP contribution in [0.5, 0.6) is 23.0 Å². The summed E-state index contributed by atoms with van der Waals surface area (Å²) in [5.74, 6) is 2.85. The summed E-state index contributed by atoms with van der Waals surface area (Å²) in [6.45, 7) is 7.57. The maximum Gasteiger partial charge on any atom is 0.306 e. The fraction of sp³-hybridized carbons (Fsp3) is 0.333. The third-order valence-corrected chi connectivity index (χ3v) is 10.1. The first-order valence-corrected chi connectivity index (χ1v) is 17.7. The molecule has 0 bridgehead atoms. The van der Waals surface area contributed by atoms with Crippen LogP contribution in [-0.4, -0.2) is 43.7 Å². The molecule has 1 unspecified atom stereocenters. The largest absolute Gasteiger partial charge is 0.494 e. The summed E-state index contributed by atoms with van der Waals surface area (Å²) in [5, 5.41) is 2.24. The Morgan fingerprint density at radius 1 is 0.957 bits per heavy atom. The number of carbonyl (C=O) groups excluding carboxylic acids is 1. The van der Waals surface area contributed by atoms with Gasteiger partial charge in [0.25, 0.3) is 0 Å². The van der Waals surface area contributed by atoms with E-state index in [0.717, 1.165) is 51.3 Å². The van der Waals surface area contributed by atoms with Gasteiger partial charge >= 0.3 is 5.97 Å². The molecule has 0 saturated carbocycles. The number of fused-ring (bicyclic) bond motifs is 1. The van der Waals surface area contributed by atoms with E-state index in [1.807, 2.05) is 74.5 Å². The van der Waals surface area contributed by atoms with Crippen LogP contribution in [0.2, 0.25) is 0 Å². The van der Waals surface area contributed by atoms with Crippen LogP contribution >= 0.6 is 10.5 Å². The van der Waals surface area contributed by atoms with Crippen LogP contribution < -0.4 is 18.9 Å². The van der Waals surface area contributed by atoms with Crippen molar-refractivity contribution in [1.29, 1.82) is 0 Å². The summed E-state index contributed by atoms with van der Waals surface area (Å²) in [6, 6.07) is 22.7. The molecule has 8 heteroatoms. The second-order valence-corrected chi connectivity index (χ2v) is 14.0. The summed E-state index contributed by atoms with van der Waals surface area (Å²) in [7, 11) is 1.68. The van der Waals surface area contributed by atoms with E-state index in [1.165, 1.54) is 13.2 Å². The maximum atomic E-state index is 15.7. The summed E-state index contributed by atoms with van der Waals surface area (Å²) < 4.78 is 44.8. The zero-order valence-electron chi connectivity index (χ0n) is 27.8. The SMILES string of the molecule is C/C=S(/C)CCCOc1cc(C)c(-c2cc(COc3ccc4c(c3)OC[C@H]4CC(=O)OC)c(F)cc2OCc2ccccc2)c(C)c1. The number of hydrogen-bond acceptors (Lipinski definition) is 6. The minimum absolute atomic E-state index is 0.00966. The molecule has 0 saturated heterocycles. The second kappa shape index (κ2) is 16.0. The lowest BCUT2D eigenvalue weighted by atomic mass is 9.93. The highest BCUT2D eigenvalue weighted by Crippen LogP contribution is 2.41. The van der Waals surface area contributed by atoms with E-state index in [9.17, 15) is 4.79 Å². The third-order valence-electron chi connectivity index (χ3n) is 8.34. The quantitative estimate of drug-likeness (QED) is 0.0767. The number of ether oxygens (including phenoxy) is 5. The summed E-state index contributed by atoms with van der Waals surface area (Å²) >= 11 is 0. The Morgan fingerprint density at radius 3 is 2.45 bits per heavy atom. The molecule has 1 aliphatic heterocycles. The molecule has 0 aromatic heterocycles. The van der Waals surface area contributed by atoms with Gasteiger partial charge in [0.1, 0.15) is 42.0 Å². The van der Waals surface area contributed by atoms with Crippen molar-refractivity contribution in [1.82, 2.24) is 0 Å². The van der Waals surface area contributed by atoms with Crippen LogP contribution in [0.1, 0.15) is 53.5 Å². The maximum absolute atomic E-state index is 15.7. The molecule has 5 rings (SSSR count). The van der Waals surface area contributed by atoms with E-state index in [2.05, 4.69) is 18.5 Å². The number of hydrogen-bond donors (Lipinski definition) is 0. The van der Waals surface area contributed by atoms with Crippen molar-refractivity contribution in [3.05, 3.63) is 106 Å². The van der Waals surface area contributed by atoms with Gasteiger partial charge < -0.3 is 23.7 Å². The van der Waals surface area contributed by atoms with Gasteiger partial charge in [-0.3, -0.25) is 4.79 Å². The van der Waals surface area contributed by atoms with Gasteiger partial charge in [-0.1, -0.05) is 41.8 Å². The van der Waals surface area contributed by atoms with Gasteiger partial charge in [-0.2, -0.15) is 10.5 Å². The van der Waals surface area contributed by atoms with Crippen molar-refractivity contribution >= 4 is 21.8 Å². The van der Waals surface area contributed by atoms with Crippen LogP contribution in [0.25, 0.3) is 11.1 Å². The molecule has 2 atom stereocenters. The van der Waals surface area contributed by atoms with Gasteiger partial charge in [0, 0.05) is 34.7 Å². The highest BCUT2D eigenvalue weighted by molar-refractivity contribution is 8.14. The van der Waals surface area contributed by atoms with E-state index >= 15 is 4.39 Å². The Morgan fingerprint density at radius 2 is 1.72 bits per heavy atom. The molecule has 0 amide bonds. The molecule has 1 heterocycles. The van der Waals surface area contributed by atoms with E-state index in [0.29, 0.717) is 53.1 Å². The van der Waals surface area contributed by atoms with Crippen molar-refractivity contribution in [3.8, 4) is 34.1 Å². The Balaban J connectivity index is 1.39. The molecule has 4 aromatic carbocycles. The van der Waals surface area contributed by atoms with Crippen molar-refractivity contribution in [3.63, 3.8) is 0 Å². The Kier molecular flexibility index (Phi) is 11.6. The number of rotatable bonds is 14. The highest BCUT2D eigenvalue weighted by atomic mass is 32.2. The third kappa shape index (κ3) is 8.74. The Bertz CT molecular complexity index is 1710. The first kappa shape index (κ1) is 34.0. The molecular weight excluding hydrogens is 615 g/mol. The number of benzene rings is 4. The average molecular weight is 659 g/mol. The lowest BCUT2D eigenvalue weighted by Gasteiger charge is -2.19. The fourth-order valence-electron chi connectivity index (χ4n) is 5.75. The van der Waals surface area contributed by atoms with Crippen molar-refractivity contribution < 1.29 is 32.9 Å². The smallest absolute Gasteiger partial charge is 0.306 e. The van der Waals surface area contributed by atoms with Crippen molar-refractivity contribution in [2.45, 2.75) is 52.7 Å². The van der Waals surface area contributed by atoms with Crippen LogP contribution in [-0.2, 0) is 22.7 Å². The second-order valence-electron chi connectivity index (χ2n) is 11.8.